The Hall–Kier alpha value is -2.82. The zero-order valence-electron chi connectivity index (χ0n) is 16.2. The lowest BCUT2D eigenvalue weighted by atomic mass is 10.1. The summed E-state index contributed by atoms with van der Waals surface area (Å²) in [4.78, 5) is 29.6. The first kappa shape index (κ1) is 21.4. The highest BCUT2D eigenvalue weighted by atomic mass is 35.5. The predicted molar refractivity (Wildman–Crippen MR) is 112 cm³/mol. The van der Waals surface area contributed by atoms with Crippen molar-refractivity contribution in [3.8, 4) is 11.1 Å². The van der Waals surface area contributed by atoms with Crippen molar-refractivity contribution in [2.75, 3.05) is 6.61 Å². The van der Waals surface area contributed by atoms with Crippen LogP contribution in [0, 0.1) is 0 Å². The van der Waals surface area contributed by atoms with Crippen LogP contribution < -0.4 is 11.2 Å². The van der Waals surface area contributed by atoms with E-state index in [-0.39, 0.29) is 6.54 Å². The van der Waals surface area contributed by atoms with E-state index in [9.17, 15) is 24.9 Å². The molecule has 0 amide bonds. The lowest BCUT2D eigenvalue weighted by Crippen LogP contribution is -2.43. The van der Waals surface area contributed by atoms with Gasteiger partial charge in [-0.15, -0.1) is 0 Å². The van der Waals surface area contributed by atoms with E-state index in [0.29, 0.717) is 10.7 Å². The second kappa shape index (κ2) is 8.74. The molecule has 1 aromatic carbocycles. The molecule has 0 radical (unpaired) electrons. The van der Waals surface area contributed by atoms with Gasteiger partial charge in [0, 0.05) is 23.5 Å². The van der Waals surface area contributed by atoms with Gasteiger partial charge in [0.2, 0.25) is 0 Å². The fourth-order valence-corrected chi connectivity index (χ4v) is 3.75. The van der Waals surface area contributed by atoms with Crippen molar-refractivity contribution in [1.82, 2.24) is 14.1 Å². The van der Waals surface area contributed by atoms with Crippen molar-refractivity contribution >= 4 is 11.6 Å². The van der Waals surface area contributed by atoms with E-state index in [4.69, 9.17) is 16.3 Å². The molecule has 4 atom stereocenters. The maximum Gasteiger partial charge on any atom is 0.333 e. The number of hydrogen-bond acceptors (Lipinski definition) is 7. The van der Waals surface area contributed by atoms with Crippen LogP contribution in [-0.2, 0) is 11.3 Å². The van der Waals surface area contributed by atoms with Gasteiger partial charge in [-0.05, 0) is 35.4 Å². The number of aliphatic hydroxyl groups is 3. The molecule has 1 aliphatic rings. The van der Waals surface area contributed by atoms with Gasteiger partial charge in [0.05, 0.1) is 18.8 Å². The first-order valence-electron chi connectivity index (χ1n) is 9.54. The molecule has 1 aliphatic heterocycles. The van der Waals surface area contributed by atoms with Crippen LogP contribution in [0.5, 0.6) is 0 Å². The van der Waals surface area contributed by atoms with Crippen molar-refractivity contribution in [2.24, 2.45) is 0 Å². The van der Waals surface area contributed by atoms with Gasteiger partial charge < -0.3 is 20.1 Å². The van der Waals surface area contributed by atoms with Crippen molar-refractivity contribution < 1.29 is 20.1 Å². The standard InChI is InChI=1S/C21H20ClN3O6/c22-14-3-1-2-12(8-14)13-4-6-23-15(9-13)10-25-17(27)5-7-24(21(25)30)20-19(29)18(28)16(11-26)31-20/h1-9,16,18-20,26,28-29H,10-11H2. The van der Waals surface area contributed by atoms with Crippen LogP contribution >= 0.6 is 11.6 Å². The Morgan fingerprint density at radius 2 is 1.84 bits per heavy atom. The molecule has 3 heterocycles. The van der Waals surface area contributed by atoms with Crippen molar-refractivity contribution in [3.63, 3.8) is 0 Å². The smallest absolute Gasteiger partial charge is 0.333 e. The lowest BCUT2D eigenvalue weighted by molar-refractivity contribution is -0.0555. The minimum absolute atomic E-state index is 0.109. The number of ether oxygens (including phenoxy) is 1. The van der Waals surface area contributed by atoms with Gasteiger partial charge in [-0.25, -0.2) is 4.79 Å². The van der Waals surface area contributed by atoms with Crippen LogP contribution in [0.4, 0.5) is 0 Å². The molecule has 4 rings (SSSR count). The van der Waals surface area contributed by atoms with Gasteiger partial charge in [0.15, 0.2) is 6.23 Å². The fraction of sp³-hybridized carbons (Fsp3) is 0.286. The summed E-state index contributed by atoms with van der Waals surface area (Å²) in [5.41, 5.74) is 0.858. The number of pyridine rings is 1. The van der Waals surface area contributed by atoms with Crippen LogP contribution in [0.25, 0.3) is 11.1 Å². The molecule has 4 unspecified atom stereocenters. The molecule has 10 heteroatoms. The predicted octanol–water partition coefficient (Wildman–Crippen LogP) is 0.385. The summed E-state index contributed by atoms with van der Waals surface area (Å²) >= 11 is 6.06. The van der Waals surface area contributed by atoms with Gasteiger partial charge in [-0.2, -0.15) is 0 Å². The first-order valence-corrected chi connectivity index (χ1v) is 9.92. The first-order chi connectivity index (χ1) is 14.9. The minimum atomic E-state index is -1.44. The molecule has 0 spiro atoms. The van der Waals surface area contributed by atoms with E-state index in [1.807, 2.05) is 12.1 Å². The van der Waals surface area contributed by atoms with Gasteiger partial charge >= 0.3 is 5.69 Å². The molecular weight excluding hydrogens is 426 g/mol. The van der Waals surface area contributed by atoms with Crippen molar-refractivity contribution in [3.05, 3.63) is 86.4 Å². The van der Waals surface area contributed by atoms with E-state index in [1.54, 1.807) is 30.5 Å². The summed E-state index contributed by atoms with van der Waals surface area (Å²) in [6.45, 7) is -0.634. The third-order valence-electron chi connectivity index (χ3n) is 5.18. The third-order valence-corrected chi connectivity index (χ3v) is 5.42. The monoisotopic (exact) mass is 445 g/mol. The highest BCUT2D eigenvalue weighted by molar-refractivity contribution is 6.30. The Morgan fingerprint density at radius 3 is 2.55 bits per heavy atom. The summed E-state index contributed by atoms with van der Waals surface area (Å²) in [5.74, 6) is 0. The molecule has 0 bridgehead atoms. The topological polar surface area (TPSA) is 127 Å². The number of benzene rings is 1. The maximum atomic E-state index is 13.0. The largest absolute Gasteiger partial charge is 0.394 e. The summed E-state index contributed by atoms with van der Waals surface area (Å²) in [5, 5.41) is 30.0. The summed E-state index contributed by atoms with van der Waals surface area (Å²) in [7, 11) is 0. The Balaban J connectivity index is 1.67. The molecule has 2 aromatic heterocycles. The van der Waals surface area contributed by atoms with Crippen LogP contribution in [0.1, 0.15) is 11.9 Å². The fourth-order valence-electron chi connectivity index (χ4n) is 3.55. The second-order valence-electron chi connectivity index (χ2n) is 7.21. The second-order valence-corrected chi connectivity index (χ2v) is 7.64. The molecule has 3 aromatic rings. The number of aliphatic hydroxyl groups excluding tert-OH is 3. The molecule has 162 valence electrons. The van der Waals surface area contributed by atoms with Crippen LogP contribution in [0.15, 0.2) is 64.4 Å². The van der Waals surface area contributed by atoms with E-state index < -0.39 is 42.4 Å². The lowest BCUT2D eigenvalue weighted by Gasteiger charge is -2.18. The summed E-state index contributed by atoms with van der Waals surface area (Å²) < 4.78 is 7.38. The number of hydrogen-bond donors (Lipinski definition) is 3. The Kier molecular flexibility index (Phi) is 6.03. The quantitative estimate of drug-likeness (QED) is 0.518. The van der Waals surface area contributed by atoms with Crippen molar-refractivity contribution in [1.29, 1.82) is 0 Å². The highest BCUT2D eigenvalue weighted by Gasteiger charge is 2.43. The Morgan fingerprint density at radius 1 is 1.06 bits per heavy atom. The zero-order valence-corrected chi connectivity index (χ0v) is 17.0. The average Bonchev–Trinajstić information content (AvgIpc) is 3.05. The van der Waals surface area contributed by atoms with Gasteiger partial charge in [-0.1, -0.05) is 23.7 Å². The van der Waals surface area contributed by atoms with Gasteiger partial charge in [-0.3, -0.25) is 18.9 Å². The molecular formula is C21H20ClN3O6. The SMILES string of the molecule is O=c1ccn(C2OC(CO)C(O)C2O)c(=O)n1Cc1cc(-c2cccc(Cl)c2)ccn1. The molecule has 0 aliphatic carbocycles. The summed E-state index contributed by atoms with van der Waals surface area (Å²) in [6, 6.07) is 12.0. The van der Waals surface area contributed by atoms with E-state index in [2.05, 4.69) is 4.98 Å². The van der Waals surface area contributed by atoms with Gasteiger partial charge in [0.1, 0.15) is 18.3 Å². The molecule has 1 fully saturated rings. The van der Waals surface area contributed by atoms with E-state index >= 15 is 0 Å². The molecule has 0 saturated carbocycles. The Bertz CT molecular complexity index is 1210. The van der Waals surface area contributed by atoms with Crippen LogP contribution in [0.3, 0.4) is 0 Å². The normalized spacial score (nSPS) is 23.2. The van der Waals surface area contributed by atoms with Crippen molar-refractivity contribution in [2.45, 2.75) is 31.1 Å². The molecule has 3 N–H and O–H groups in total. The van der Waals surface area contributed by atoms with E-state index in [0.717, 1.165) is 26.3 Å². The Labute approximate surface area is 181 Å². The van der Waals surface area contributed by atoms with Crippen LogP contribution in [-0.4, -0.2) is 54.4 Å². The van der Waals surface area contributed by atoms with E-state index in [1.165, 1.54) is 6.20 Å². The zero-order chi connectivity index (χ0) is 22.1. The molecule has 1 saturated heterocycles. The van der Waals surface area contributed by atoms with Gasteiger partial charge in [0.25, 0.3) is 5.56 Å². The minimum Gasteiger partial charge on any atom is -0.394 e. The molecule has 31 heavy (non-hydrogen) atoms. The third kappa shape index (κ3) is 4.18. The van der Waals surface area contributed by atoms with Crippen LogP contribution in [0.2, 0.25) is 5.02 Å². The number of nitrogens with zero attached hydrogens (tertiary/aromatic N) is 3. The maximum absolute atomic E-state index is 13.0. The number of halogens is 1. The average molecular weight is 446 g/mol. The highest BCUT2D eigenvalue weighted by Crippen LogP contribution is 2.28. The number of aromatic nitrogens is 3. The number of rotatable bonds is 5. The molecule has 9 nitrogen and oxygen atoms in total. The summed E-state index contributed by atoms with van der Waals surface area (Å²) in [6.07, 6.45) is -2.31.